The summed E-state index contributed by atoms with van der Waals surface area (Å²) in [5, 5.41) is 15.5. The number of hydrogen-bond acceptors (Lipinski definition) is 3. The van der Waals surface area contributed by atoms with E-state index in [1.807, 2.05) is 0 Å². The number of likely N-dealkylation sites (tertiary alicyclic amines) is 1. The zero-order valence-corrected chi connectivity index (χ0v) is 12.2. The van der Waals surface area contributed by atoms with E-state index >= 15 is 0 Å². The van der Waals surface area contributed by atoms with Crippen LogP contribution < -0.4 is 10.6 Å². The summed E-state index contributed by atoms with van der Waals surface area (Å²) in [5.41, 5.74) is -0.361. The molecule has 0 aromatic heterocycles. The zero-order chi connectivity index (χ0) is 14.0. The summed E-state index contributed by atoms with van der Waals surface area (Å²) in [7, 11) is 0. The van der Waals surface area contributed by atoms with Crippen LogP contribution in [0.2, 0.25) is 0 Å². The fourth-order valence-electron chi connectivity index (χ4n) is 3.70. The predicted molar refractivity (Wildman–Crippen MR) is 77.5 cm³/mol. The number of nitrogens with zero attached hydrogens (tertiary/aromatic N) is 1. The fraction of sp³-hybridized carbons (Fsp3) is 0.933. The number of rotatable bonds is 5. The van der Waals surface area contributed by atoms with Crippen molar-refractivity contribution in [1.29, 1.82) is 0 Å². The van der Waals surface area contributed by atoms with Gasteiger partial charge in [-0.3, -0.25) is 0 Å². The van der Waals surface area contributed by atoms with E-state index in [2.05, 4.69) is 15.5 Å². The standard InChI is InChI=1S/C15H27N3O2/c19-11-15(6-1-2-7-15)17-14(20)16-9-12-5-8-18(10-12)13-3-4-13/h12-13,19H,1-11H2,(H2,16,17,20). The zero-order valence-electron chi connectivity index (χ0n) is 12.2. The molecule has 1 saturated heterocycles. The summed E-state index contributed by atoms with van der Waals surface area (Å²) in [5.74, 6) is 0.593. The molecule has 1 heterocycles. The Hall–Kier alpha value is -0.810. The van der Waals surface area contributed by atoms with Crippen LogP contribution in [0.5, 0.6) is 0 Å². The monoisotopic (exact) mass is 281 g/mol. The molecule has 0 radical (unpaired) electrons. The topological polar surface area (TPSA) is 64.6 Å². The number of amides is 2. The summed E-state index contributed by atoms with van der Waals surface area (Å²) < 4.78 is 0. The molecule has 2 aliphatic carbocycles. The van der Waals surface area contributed by atoms with Gasteiger partial charge in [0.1, 0.15) is 0 Å². The van der Waals surface area contributed by atoms with E-state index in [0.29, 0.717) is 5.92 Å². The lowest BCUT2D eigenvalue weighted by Gasteiger charge is -2.28. The molecule has 3 N–H and O–H groups in total. The SMILES string of the molecule is O=C(NCC1CCN(C2CC2)C1)NC1(CO)CCCC1. The van der Waals surface area contributed by atoms with E-state index in [1.165, 1.54) is 25.8 Å². The van der Waals surface area contributed by atoms with Crippen LogP contribution in [-0.4, -0.2) is 53.9 Å². The van der Waals surface area contributed by atoms with Crippen molar-refractivity contribution in [3.05, 3.63) is 0 Å². The van der Waals surface area contributed by atoms with Gasteiger partial charge in [-0.2, -0.15) is 0 Å². The highest BCUT2D eigenvalue weighted by atomic mass is 16.3. The number of nitrogens with one attached hydrogen (secondary N) is 2. The first-order valence-electron chi connectivity index (χ1n) is 8.12. The van der Waals surface area contributed by atoms with Gasteiger partial charge in [-0.05, 0) is 44.6 Å². The van der Waals surface area contributed by atoms with Crippen molar-refractivity contribution >= 4 is 6.03 Å². The highest BCUT2D eigenvalue weighted by Gasteiger charge is 2.36. The Bertz CT molecular complexity index is 351. The van der Waals surface area contributed by atoms with Crippen molar-refractivity contribution in [2.45, 2.75) is 56.5 Å². The van der Waals surface area contributed by atoms with Crippen LogP contribution in [0.15, 0.2) is 0 Å². The molecule has 114 valence electrons. The second-order valence-electron chi connectivity index (χ2n) is 6.86. The van der Waals surface area contributed by atoms with Crippen LogP contribution in [0.1, 0.15) is 44.9 Å². The molecule has 5 nitrogen and oxygen atoms in total. The first kappa shape index (κ1) is 14.1. The van der Waals surface area contributed by atoms with Gasteiger partial charge in [0, 0.05) is 19.1 Å². The predicted octanol–water partition coefficient (Wildman–Crippen LogP) is 1.07. The minimum absolute atomic E-state index is 0.0549. The van der Waals surface area contributed by atoms with Crippen molar-refractivity contribution in [2.75, 3.05) is 26.2 Å². The Morgan fingerprint density at radius 3 is 2.65 bits per heavy atom. The summed E-state index contributed by atoms with van der Waals surface area (Å²) >= 11 is 0. The molecular weight excluding hydrogens is 254 g/mol. The number of hydrogen-bond donors (Lipinski definition) is 3. The summed E-state index contributed by atoms with van der Waals surface area (Å²) in [6.07, 6.45) is 7.91. The van der Waals surface area contributed by atoms with Gasteiger partial charge in [0.15, 0.2) is 0 Å². The minimum atomic E-state index is -0.361. The van der Waals surface area contributed by atoms with Gasteiger partial charge in [0.25, 0.3) is 0 Å². The van der Waals surface area contributed by atoms with Crippen molar-refractivity contribution in [3.63, 3.8) is 0 Å². The Labute approximate surface area is 121 Å². The second-order valence-corrected chi connectivity index (χ2v) is 6.86. The molecule has 0 aromatic carbocycles. The molecule has 2 saturated carbocycles. The molecule has 1 unspecified atom stereocenters. The lowest BCUT2D eigenvalue weighted by Crippen LogP contribution is -2.53. The number of aliphatic hydroxyl groups is 1. The fourth-order valence-corrected chi connectivity index (χ4v) is 3.70. The molecule has 5 heteroatoms. The van der Waals surface area contributed by atoms with E-state index in [4.69, 9.17) is 0 Å². The summed E-state index contributed by atoms with van der Waals surface area (Å²) in [4.78, 5) is 14.6. The van der Waals surface area contributed by atoms with Crippen molar-refractivity contribution < 1.29 is 9.90 Å². The number of carbonyl (C=O) groups is 1. The number of carbonyl (C=O) groups excluding carboxylic acids is 1. The van der Waals surface area contributed by atoms with E-state index in [0.717, 1.165) is 44.8 Å². The molecule has 1 atom stereocenters. The molecule has 0 bridgehead atoms. The average molecular weight is 281 g/mol. The summed E-state index contributed by atoms with van der Waals surface area (Å²) in [6.45, 7) is 3.14. The molecule has 3 fully saturated rings. The Morgan fingerprint density at radius 1 is 1.25 bits per heavy atom. The van der Waals surface area contributed by atoms with Crippen molar-refractivity contribution in [1.82, 2.24) is 15.5 Å². The highest BCUT2D eigenvalue weighted by molar-refractivity contribution is 5.74. The molecule has 3 aliphatic rings. The molecular formula is C15H27N3O2. The van der Waals surface area contributed by atoms with Crippen molar-refractivity contribution in [2.24, 2.45) is 5.92 Å². The first-order valence-corrected chi connectivity index (χ1v) is 8.12. The van der Waals surface area contributed by atoms with Crippen LogP contribution in [0.3, 0.4) is 0 Å². The number of urea groups is 1. The van der Waals surface area contributed by atoms with E-state index in [-0.39, 0.29) is 18.2 Å². The Morgan fingerprint density at radius 2 is 2.00 bits per heavy atom. The van der Waals surface area contributed by atoms with Crippen LogP contribution >= 0.6 is 0 Å². The lowest BCUT2D eigenvalue weighted by molar-refractivity contribution is 0.162. The van der Waals surface area contributed by atoms with E-state index in [1.54, 1.807) is 0 Å². The molecule has 2 amide bonds. The van der Waals surface area contributed by atoms with Gasteiger partial charge in [0.05, 0.1) is 12.1 Å². The second kappa shape index (κ2) is 5.90. The molecule has 1 aliphatic heterocycles. The maximum absolute atomic E-state index is 12.0. The molecule has 3 rings (SSSR count). The first-order chi connectivity index (χ1) is 9.71. The van der Waals surface area contributed by atoms with Crippen LogP contribution in [0.4, 0.5) is 4.79 Å². The van der Waals surface area contributed by atoms with E-state index in [9.17, 15) is 9.90 Å². The van der Waals surface area contributed by atoms with Gasteiger partial charge in [-0.1, -0.05) is 12.8 Å². The van der Waals surface area contributed by atoms with Gasteiger partial charge in [-0.25, -0.2) is 4.79 Å². The highest BCUT2D eigenvalue weighted by Crippen LogP contribution is 2.31. The number of aliphatic hydroxyl groups excluding tert-OH is 1. The molecule has 0 spiro atoms. The van der Waals surface area contributed by atoms with Crippen LogP contribution in [-0.2, 0) is 0 Å². The average Bonchev–Trinajstić information content (AvgIpc) is 3.02. The van der Waals surface area contributed by atoms with Crippen LogP contribution in [0.25, 0.3) is 0 Å². The maximum Gasteiger partial charge on any atom is 0.315 e. The molecule has 20 heavy (non-hydrogen) atoms. The normalized spacial score (nSPS) is 29.6. The third-order valence-electron chi connectivity index (χ3n) is 5.17. The van der Waals surface area contributed by atoms with Gasteiger partial charge >= 0.3 is 6.03 Å². The van der Waals surface area contributed by atoms with Crippen LogP contribution in [0, 0.1) is 5.92 Å². The maximum atomic E-state index is 12.0. The lowest BCUT2D eigenvalue weighted by atomic mass is 9.99. The Kier molecular flexibility index (Phi) is 4.17. The van der Waals surface area contributed by atoms with Gasteiger partial charge in [0.2, 0.25) is 0 Å². The van der Waals surface area contributed by atoms with Gasteiger partial charge in [-0.15, -0.1) is 0 Å². The third kappa shape index (κ3) is 3.26. The minimum Gasteiger partial charge on any atom is -0.394 e. The third-order valence-corrected chi connectivity index (χ3v) is 5.17. The molecule has 0 aromatic rings. The van der Waals surface area contributed by atoms with Gasteiger partial charge < -0.3 is 20.6 Å². The van der Waals surface area contributed by atoms with Crippen molar-refractivity contribution in [3.8, 4) is 0 Å². The quantitative estimate of drug-likeness (QED) is 0.706. The Balaban J connectivity index is 1.38. The largest absolute Gasteiger partial charge is 0.394 e. The summed E-state index contributed by atoms with van der Waals surface area (Å²) in [6, 6.07) is 0.732. The smallest absolute Gasteiger partial charge is 0.315 e. The van der Waals surface area contributed by atoms with E-state index < -0.39 is 0 Å².